The van der Waals surface area contributed by atoms with Crippen LogP contribution in [0.4, 0.5) is 0 Å². The minimum atomic E-state index is -0.782. The monoisotopic (exact) mass is 339 g/mol. The lowest BCUT2D eigenvalue weighted by molar-refractivity contribution is -0.136. The molecule has 0 saturated carbocycles. The number of thiophene rings is 1. The molecule has 19 heavy (non-hydrogen) atoms. The zero-order valence-electron chi connectivity index (χ0n) is 10.2. The highest BCUT2D eigenvalue weighted by Gasteiger charge is 2.04. The first kappa shape index (κ1) is 14.2. The van der Waals surface area contributed by atoms with E-state index in [1.54, 1.807) is 11.3 Å². The maximum atomic E-state index is 10.6. The van der Waals surface area contributed by atoms with Gasteiger partial charge in [0.2, 0.25) is 0 Å². The summed E-state index contributed by atoms with van der Waals surface area (Å²) in [5, 5.41) is 12.1. The number of halogens is 1. The number of nitrogens with one attached hydrogen (secondary N) is 1. The van der Waals surface area contributed by atoms with Gasteiger partial charge < -0.3 is 10.4 Å². The lowest BCUT2D eigenvalue weighted by Gasteiger charge is -2.03. The van der Waals surface area contributed by atoms with Gasteiger partial charge in [0.25, 0.3) is 0 Å². The van der Waals surface area contributed by atoms with Crippen molar-refractivity contribution in [3.8, 4) is 0 Å². The molecule has 1 heterocycles. The molecule has 0 aliphatic carbocycles. The lowest BCUT2D eigenvalue weighted by atomic mass is 10.2. The van der Waals surface area contributed by atoms with Crippen molar-refractivity contribution in [2.75, 3.05) is 0 Å². The Morgan fingerprint density at radius 3 is 2.74 bits per heavy atom. The summed E-state index contributed by atoms with van der Waals surface area (Å²) in [4.78, 5) is 12.6. The quantitative estimate of drug-likeness (QED) is 0.847. The Morgan fingerprint density at radius 2 is 2.00 bits per heavy atom. The Balaban J connectivity index is 1.82. The normalized spacial score (nSPS) is 10.6. The van der Waals surface area contributed by atoms with E-state index in [4.69, 9.17) is 5.11 Å². The topological polar surface area (TPSA) is 49.3 Å². The van der Waals surface area contributed by atoms with E-state index < -0.39 is 5.97 Å². The van der Waals surface area contributed by atoms with Gasteiger partial charge in [-0.3, -0.25) is 4.79 Å². The molecule has 2 rings (SSSR count). The van der Waals surface area contributed by atoms with Gasteiger partial charge in [-0.2, -0.15) is 0 Å². The second-order valence-corrected chi connectivity index (χ2v) is 6.34. The molecular formula is C14H14BrNO2S. The highest BCUT2D eigenvalue weighted by molar-refractivity contribution is 9.10. The van der Waals surface area contributed by atoms with Crippen molar-refractivity contribution >= 4 is 33.2 Å². The summed E-state index contributed by atoms with van der Waals surface area (Å²) in [6.07, 6.45) is 0.107. The van der Waals surface area contributed by atoms with Crippen LogP contribution in [0.25, 0.3) is 0 Å². The van der Waals surface area contributed by atoms with Crippen molar-refractivity contribution < 1.29 is 9.90 Å². The summed E-state index contributed by atoms with van der Waals surface area (Å²) in [7, 11) is 0. The van der Waals surface area contributed by atoms with E-state index >= 15 is 0 Å². The van der Waals surface area contributed by atoms with Crippen molar-refractivity contribution in [1.82, 2.24) is 5.32 Å². The Labute approximate surface area is 124 Å². The molecule has 0 atom stereocenters. The fourth-order valence-corrected chi connectivity index (χ4v) is 3.16. The number of hydrogen-bond donors (Lipinski definition) is 2. The van der Waals surface area contributed by atoms with Crippen LogP contribution in [0.15, 0.2) is 40.9 Å². The van der Waals surface area contributed by atoms with Gasteiger partial charge in [0.15, 0.2) is 0 Å². The van der Waals surface area contributed by atoms with Gasteiger partial charge in [0.05, 0.1) is 6.42 Å². The summed E-state index contributed by atoms with van der Waals surface area (Å²) in [6.45, 7) is 1.56. The average molecular weight is 340 g/mol. The highest BCUT2D eigenvalue weighted by atomic mass is 79.9. The van der Waals surface area contributed by atoms with Gasteiger partial charge in [-0.25, -0.2) is 0 Å². The van der Waals surface area contributed by atoms with Gasteiger partial charge in [-0.05, 0) is 29.8 Å². The number of carboxylic acids is 1. The Morgan fingerprint density at radius 1 is 1.21 bits per heavy atom. The van der Waals surface area contributed by atoms with Crippen LogP contribution in [0.1, 0.15) is 15.3 Å². The van der Waals surface area contributed by atoms with E-state index in [-0.39, 0.29) is 6.42 Å². The third-order valence-electron chi connectivity index (χ3n) is 2.56. The maximum absolute atomic E-state index is 10.6. The molecule has 0 saturated heterocycles. The molecule has 0 fully saturated rings. The van der Waals surface area contributed by atoms with Crippen molar-refractivity contribution in [2.45, 2.75) is 19.5 Å². The molecule has 0 spiro atoms. The largest absolute Gasteiger partial charge is 0.481 e. The van der Waals surface area contributed by atoms with Gasteiger partial charge in [0, 0.05) is 27.3 Å². The molecule has 1 aromatic heterocycles. The van der Waals surface area contributed by atoms with E-state index in [0.29, 0.717) is 0 Å². The molecule has 0 aliphatic heterocycles. The molecule has 2 N–H and O–H groups in total. The summed E-state index contributed by atoms with van der Waals surface area (Å²) in [5.41, 5.74) is 1.22. The maximum Gasteiger partial charge on any atom is 0.308 e. The van der Waals surface area contributed by atoms with Crippen LogP contribution in [0.3, 0.4) is 0 Å². The smallest absolute Gasteiger partial charge is 0.308 e. The highest BCUT2D eigenvalue weighted by Crippen LogP contribution is 2.17. The standard InChI is InChI=1S/C14H14BrNO2S/c15-11-3-1-2-10(6-11)8-16-9-13-5-4-12(19-13)7-14(17)18/h1-6,16H,7-9H2,(H,17,18). The van der Waals surface area contributed by atoms with E-state index in [9.17, 15) is 4.79 Å². The van der Waals surface area contributed by atoms with Crippen LogP contribution in [-0.2, 0) is 24.3 Å². The SMILES string of the molecule is O=C(O)Cc1ccc(CNCc2cccc(Br)c2)s1. The van der Waals surface area contributed by atoms with Crippen LogP contribution in [0.2, 0.25) is 0 Å². The molecule has 0 bridgehead atoms. The van der Waals surface area contributed by atoms with Crippen LogP contribution in [-0.4, -0.2) is 11.1 Å². The zero-order valence-corrected chi connectivity index (χ0v) is 12.6. The van der Waals surface area contributed by atoms with Crippen molar-refractivity contribution in [3.05, 3.63) is 56.2 Å². The number of hydrogen-bond acceptors (Lipinski definition) is 3. The fourth-order valence-electron chi connectivity index (χ4n) is 1.74. The first-order chi connectivity index (χ1) is 9.13. The van der Waals surface area contributed by atoms with Crippen LogP contribution in [0, 0.1) is 0 Å². The van der Waals surface area contributed by atoms with Crippen LogP contribution < -0.4 is 5.32 Å². The van der Waals surface area contributed by atoms with E-state index in [1.165, 1.54) is 5.56 Å². The molecule has 0 unspecified atom stereocenters. The van der Waals surface area contributed by atoms with Gasteiger partial charge >= 0.3 is 5.97 Å². The molecule has 0 aliphatic rings. The summed E-state index contributed by atoms with van der Waals surface area (Å²) in [6, 6.07) is 12.0. The Bertz CT molecular complexity index is 568. The molecule has 100 valence electrons. The minimum Gasteiger partial charge on any atom is -0.481 e. The van der Waals surface area contributed by atoms with Crippen molar-refractivity contribution in [1.29, 1.82) is 0 Å². The molecule has 0 amide bonds. The summed E-state index contributed by atoms with van der Waals surface area (Å²) >= 11 is 4.99. The number of benzene rings is 1. The number of carbonyl (C=O) groups is 1. The first-order valence-electron chi connectivity index (χ1n) is 5.88. The van der Waals surface area contributed by atoms with Crippen LogP contribution >= 0.6 is 27.3 Å². The Kier molecular flexibility index (Phi) is 5.13. The second-order valence-electron chi connectivity index (χ2n) is 4.17. The zero-order chi connectivity index (χ0) is 13.7. The third-order valence-corrected chi connectivity index (χ3v) is 4.14. The predicted molar refractivity (Wildman–Crippen MR) is 80.3 cm³/mol. The van der Waals surface area contributed by atoms with Crippen LogP contribution in [0.5, 0.6) is 0 Å². The summed E-state index contributed by atoms with van der Waals surface area (Å²) < 4.78 is 1.08. The molecule has 1 aromatic carbocycles. The number of carboxylic acid groups (broad SMARTS) is 1. The molecular weight excluding hydrogens is 326 g/mol. The number of aliphatic carboxylic acids is 1. The molecule has 3 nitrogen and oxygen atoms in total. The van der Waals surface area contributed by atoms with E-state index in [1.807, 2.05) is 24.3 Å². The third kappa shape index (κ3) is 4.78. The average Bonchev–Trinajstić information content (AvgIpc) is 2.76. The lowest BCUT2D eigenvalue weighted by Crippen LogP contribution is -2.11. The molecule has 0 radical (unpaired) electrons. The van der Waals surface area contributed by atoms with E-state index in [0.717, 1.165) is 27.3 Å². The number of rotatable bonds is 6. The van der Waals surface area contributed by atoms with Crippen molar-refractivity contribution in [3.63, 3.8) is 0 Å². The molecule has 5 heteroatoms. The first-order valence-corrected chi connectivity index (χ1v) is 7.49. The van der Waals surface area contributed by atoms with Gasteiger partial charge in [-0.1, -0.05) is 28.1 Å². The summed E-state index contributed by atoms with van der Waals surface area (Å²) in [5.74, 6) is -0.782. The van der Waals surface area contributed by atoms with E-state index in [2.05, 4.69) is 33.4 Å². The van der Waals surface area contributed by atoms with Crippen molar-refractivity contribution in [2.24, 2.45) is 0 Å². The minimum absolute atomic E-state index is 0.107. The fraction of sp³-hybridized carbons (Fsp3) is 0.214. The molecule has 2 aromatic rings. The predicted octanol–water partition coefficient (Wildman–Crippen LogP) is 3.43. The van der Waals surface area contributed by atoms with Gasteiger partial charge in [-0.15, -0.1) is 11.3 Å². The van der Waals surface area contributed by atoms with Gasteiger partial charge in [0.1, 0.15) is 0 Å². The Hall–Kier alpha value is -1.17. The second kappa shape index (κ2) is 6.84.